The third kappa shape index (κ3) is 4.93. The Morgan fingerprint density at radius 3 is 1.78 bits per heavy atom. The van der Waals surface area contributed by atoms with Crippen molar-refractivity contribution in [3.8, 4) is 33.4 Å². The van der Waals surface area contributed by atoms with Gasteiger partial charge in [0.1, 0.15) is 11.2 Å². The molecule has 0 spiro atoms. The predicted octanol–water partition coefficient (Wildman–Crippen LogP) is 14.4. The molecular formula is C48H31NOS. The smallest absolute Gasteiger partial charge is 0.136 e. The third-order valence-electron chi connectivity index (χ3n) is 9.89. The molecule has 0 unspecified atom stereocenters. The molecule has 10 rings (SSSR count). The summed E-state index contributed by atoms with van der Waals surface area (Å²) in [6.45, 7) is 0. The molecule has 0 aliphatic carbocycles. The number of nitrogens with zero attached hydrogens (tertiary/aromatic N) is 1. The van der Waals surface area contributed by atoms with Crippen LogP contribution in [0.25, 0.3) is 75.5 Å². The molecule has 0 saturated heterocycles. The van der Waals surface area contributed by atoms with Crippen LogP contribution in [0.2, 0.25) is 0 Å². The highest BCUT2D eigenvalue weighted by molar-refractivity contribution is 7.26. The standard InChI is InChI=1S/C48H31NOS/c1-3-14-32(15-4-1)33-28-30-35(31-29-33)49(41-23-13-27-45-48(41)38-19-8-10-26-44(38)51-45)40-22-11-20-36(34-16-5-2-6-17-34)46(40)39-21-12-25-43-47(39)37-18-7-9-24-42(37)50-43/h1-31H. The summed E-state index contributed by atoms with van der Waals surface area (Å²) in [6.07, 6.45) is 0. The minimum Gasteiger partial charge on any atom is -0.456 e. The number of thiophene rings is 1. The normalized spacial score (nSPS) is 11.5. The minimum atomic E-state index is 0.882. The van der Waals surface area contributed by atoms with Crippen molar-refractivity contribution in [1.29, 1.82) is 0 Å². The van der Waals surface area contributed by atoms with Gasteiger partial charge in [0.25, 0.3) is 0 Å². The molecule has 0 aliphatic heterocycles. The van der Waals surface area contributed by atoms with Gasteiger partial charge in [-0.3, -0.25) is 0 Å². The molecule has 0 radical (unpaired) electrons. The van der Waals surface area contributed by atoms with Crippen LogP contribution in [0.5, 0.6) is 0 Å². The Morgan fingerprint density at radius 1 is 0.373 bits per heavy atom. The van der Waals surface area contributed by atoms with Gasteiger partial charge >= 0.3 is 0 Å². The quantitative estimate of drug-likeness (QED) is 0.175. The highest BCUT2D eigenvalue weighted by Gasteiger charge is 2.25. The number of furan rings is 1. The van der Waals surface area contributed by atoms with Gasteiger partial charge in [0.15, 0.2) is 0 Å². The summed E-state index contributed by atoms with van der Waals surface area (Å²) in [7, 11) is 0. The van der Waals surface area contributed by atoms with E-state index in [1.165, 1.54) is 36.9 Å². The van der Waals surface area contributed by atoms with E-state index in [1.807, 2.05) is 17.4 Å². The van der Waals surface area contributed by atoms with Gasteiger partial charge in [-0.2, -0.15) is 0 Å². The van der Waals surface area contributed by atoms with E-state index in [9.17, 15) is 0 Å². The van der Waals surface area contributed by atoms with Crippen LogP contribution in [0.15, 0.2) is 192 Å². The fraction of sp³-hybridized carbons (Fsp3) is 0. The van der Waals surface area contributed by atoms with Crippen molar-refractivity contribution in [2.24, 2.45) is 0 Å². The molecule has 8 aromatic carbocycles. The number of anilines is 3. The lowest BCUT2D eigenvalue weighted by atomic mass is 9.89. The zero-order chi connectivity index (χ0) is 33.7. The summed E-state index contributed by atoms with van der Waals surface area (Å²) >= 11 is 1.85. The van der Waals surface area contributed by atoms with Crippen molar-refractivity contribution < 1.29 is 4.42 Å². The van der Waals surface area contributed by atoms with Crippen molar-refractivity contribution in [3.63, 3.8) is 0 Å². The lowest BCUT2D eigenvalue weighted by Crippen LogP contribution is -2.12. The van der Waals surface area contributed by atoms with E-state index in [0.717, 1.165) is 55.7 Å². The summed E-state index contributed by atoms with van der Waals surface area (Å²) in [5.41, 5.74) is 12.1. The highest BCUT2D eigenvalue weighted by atomic mass is 32.1. The molecule has 2 aromatic heterocycles. The van der Waals surface area contributed by atoms with E-state index < -0.39 is 0 Å². The van der Waals surface area contributed by atoms with Crippen LogP contribution >= 0.6 is 11.3 Å². The largest absolute Gasteiger partial charge is 0.456 e. The summed E-state index contributed by atoms with van der Waals surface area (Å²) in [5.74, 6) is 0. The zero-order valence-corrected chi connectivity index (χ0v) is 28.5. The van der Waals surface area contributed by atoms with Gasteiger partial charge in [0.05, 0.1) is 11.4 Å². The maximum absolute atomic E-state index is 6.47. The Kier molecular flexibility index (Phi) is 7.04. The summed E-state index contributed by atoms with van der Waals surface area (Å²) in [5, 5.41) is 4.76. The van der Waals surface area contributed by atoms with Crippen LogP contribution in [0.3, 0.4) is 0 Å². The van der Waals surface area contributed by atoms with E-state index in [-0.39, 0.29) is 0 Å². The molecule has 10 aromatic rings. The van der Waals surface area contributed by atoms with Gasteiger partial charge in [-0.05, 0) is 76.3 Å². The number of hydrogen-bond acceptors (Lipinski definition) is 3. The number of para-hydroxylation sites is 1. The molecule has 2 heterocycles. The predicted molar refractivity (Wildman–Crippen MR) is 218 cm³/mol. The van der Waals surface area contributed by atoms with E-state index in [2.05, 4.69) is 187 Å². The molecule has 0 atom stereocenters. The fourth-order valence-corrected chi connectivity index (χ4v) is 8.76. The Hall–Kier alpha value is -6.42. The van der Waals surface area contributed by atoms with E-state index >= 15 is 0 Å². The second-order valence-electron chi connectivity index (χ2n) is 12.8. The number of fused-ring (bicyclic) bond motifs is 6. The van der Waals surface area contributed by atoms with Gasteiger partial charge in [-0.15, -0.1) is 11.3 Å². The number of benzene rings is 8. The monoisotopic (exact) mass is 669 g/mol. The third-order valence-corrected chi connectivity index (χ3v) is 11.0. The van der Waals surface area contributed by atoms with Crippen LogP contribution in [-0.2, 0) is 0 Å². The molecule has 0 saturated carbocycles. The molecule has 240 valence electrons. The van der Waals surface area contributed by atoms with E-state index in [4.69, 9.17) is 4.42 Å². The van der Waals surface area contributed by atoms with Crippen molar-refractivity contribution in [2.75, 3.05) is 4.90 Å². The van der Waals surface area contributed by atoms with Crippen molar-refractivity contribution in [3.05, 3.63) is 188 Å². The molecule has 0 amide bonds. The lowest BCUT2D eigenvalue weighted by molar-refractivity contribution is 0.669. The average molecular weight is 670 g/mol. The molecular weight excluding hydrogens is 639 g/mol. The van der Waals surface area contributed by atoms with Gasteiger partial charge in [0.2, 0.25) is 0 Å². The molecule has 0 fully saturated rings. The van der Waals surface area contributed by atoms with Gasteiger partial charge < -0.3 is 9.32 Å². The molecule has 51 heavy (non-hydrogen) atoms. The first-order valence-electron chi connectivity index (χ1n) is 17.3. The van der Waals surface area contributed by atoms with Crippen LogP contribution in [0.1, 0.15) is 0 Å². The second kappa shape index (κ2) is 12.2. The van der Waals surface area contributed by atoms with Gasteiger partial charge in [-0.25, -0.2) is 0 Å². The topological polar surface area (TPSA) is 16.4 Å². The van der Waals surface area contributed by atoms with Crippen LogP contribution in [0, 0.1) is 0 Å². The fourth-order valence-electron chi connectivity index (χ4n) is 7.63. The molecule has 2 nitrogen and oxygen atoms in total. The summed E-state index contributed by atoms with van der Waals surface area (Å²) < 4.78 is 9.02. The Morgan fingerprint density at radius 2 is 0.961 bits per heavy atom. The Labute approximate surface area is 300 Å². The maximum Gasteiger partial charge on any atom is 0.136 e. The van der Waals surface area contributed by atoms with Crippen LogP contribution < -0.4 is 4.90 Å². The first-order valence-corrected chi connectivity index (χ1v) is 18.1. The van der Waals surface area contributed by atoms with Gasteiger partial charge in [-0.1, -0.05) is 140 Å². The minimum absolute atomic E-state index is 0.882. The molecule has 0 aliphatic rings. The number of rotatable bonds is 6. The van der Waals surface area contributed by atoms with Crippen molar-refractivity contribution in [2.45, 2.75) is 0 Å². The lowest BCUT2D eigenvalue weighted by Gasteiger charge is -2.30. The van der Waals surface area contributed by atoms with Gasteiger partial charge in [0, 0.05) is 42.2 Å². The Balaban J connectivity index is 1.32. The second-order valence-corrected chi connectivity index (χ2v) is 13.9. The van der Waals surface area contributed by atoms with Crippen LogP contribution in [0.4, 0.5) is 17.1 Å². The first kappa shape index (κ1) is 29.5. The Bertz CT molecular complexity index is 2850. The van der Waals surface area contributed by atoms with E-state index in [1.54, 1.807) is 0 Å². The summed E-state index contributed by atoms with van der Waals surface area (Å²) in [4.78, 5) is 2.47. The first-order chi connectivity index (χ1) is 25.3. The summed E-state index contributed by atoms with van der Waals surface area (Å²) in [6, 6.07) is 67.4. The molecule has 3 heteroatoms. The SMILES string of the molecule is c1ccc(-c2ccc(N(c3cccc(-c4ccccc4)c3-c3cccc4oc5ccccc5c34)c3cccc4sc5ccccc5c34)cc2)cc1. The molecule has 0 bridgehead atoms. The average Bonchev–Trinajstić information content (AvgIpc) is 3.78. The molecule has 0 N–H and O–H groups in total. The maximum atomic E-state index is 6.47. The van der Waals surface area contributed by atoms with Crippen molar-refractivity contribution in [1.82, 2.24) is 0 Å². The van der Waals surface area contributed by atoms with Crippen LogP contribution in [-0.4, -0.2) is 0 Å². The highest BCUT2D eigenvalue weighted by Crippen LogP contribution is 2.51. The van der Waals surface area contributed by atoms with E-state index in [0.29, 0.717) is 0 Å². The van der Waals surface area contributed by atoms with Crippen molar-refractivity contribution >= 4 is 70.5 Å². The number of hydrogen-bond donors (Lipinski definition) is 0. The zero-order valence-electron chi connectivity index (χ0n) is 27.7.